The van der Waals surface area contributed by atoms with Crippen LogP contribution in [0.3, 0.4) is 0 Å². The van der Waals surface area contributed by atoms with Gasteiger partial charge in [-0.05, 0) is 37.5 Å². The molecule has 0 radical (unpaired) electrons. The first-order valence-corrected chi connectivity index (χ1v) is 9.16. The smallest absolute Gasteiger partial charge is 0.293 e. The van der Waals surface area contributed by atoms with Crippen molar-refractivity contribution < 1.29 is 14.2 Å². The maximum Gasteiger partial charge on any atom is 0.293 e. The van der Waals surface area contributed by atoms with Crippen LogP contribution < -0.4 is 5.32 Å². The lowest BCUT2D eigenvalue weighted by atomic mass is 10.1. The molecule has 8 heteroatoms. The molecule has 1 aliphatic rings. The van der Waals surface area contributed by atoms with Gasteiger partial charge in [-0.3, -0.25) is 10.1 Å². The van der Waals surface area contributed by atoms with E-state index in [1.807, 2.05) is 31.2 Å². The van der Waals surface area contributed by atoms with Crippen molar-refractivity contribution in [1.29, 1.82) is 0 Å². The van der Waals surface area contributed by atoms with Gasteiger partial charge in [0.15, 0.2) is 0 Å². The lowest BCUT2D eigenvalue weighted by Crippen LogP contribution is -2.18. The van der Waals surface area contributed by atoms with Crippen molar-refractivity contribution in [1.82, 2.24) is 10.1 Å². The summed E-state index contributed by atoms with van der Waals surface area (Å²) in [7, 11) is 0. The number of benzene rings is 2. The highest BCUT2D eigenvalue weighted by Gasteiger charge is 2.21. The van der Waals surface area contributed by atoms with Crippen LogP contribution in [0.2, 0.25) is 0 Å². The number of ether oxygens (including phenoxy) is 1. The summed E-state index contributed by atoms with van der Waals surface area (Å²) in [6.45, 7) is 3.25. The van der Waals surface area contributed by atoms with Gasteiger partial charge in [0.25, 0.3) is 11.6 Å². The Morgan fingerprint density at radius 2 is 2.14 bits per heavy atom. The molecule has 2 aromatic carbocycles. The Morgan fingerprint density at radius 3 is 2.89 bits per heavy atom. The van der Waals surface area contributed by atoms with E-state index in [-0.39, 0.29) is 17.7 Å². The fourth-order valence-corrected chi connectivity index (χ4v) is 3.27. The highest BCUT2D eigenvalue weighted by molar-refractivity contribution is 5.71. The third-order valence-corrected chi connectivity index (χ3v) is 4.80. The van der Waals surface area contributed by atoms with Crippen molar-refractivity contribution in [3.05, 3.63) is 58.1 Å². The van der Waals surface area contributed by atoms with E-state index < -0.39 is 4.92 Å². The molecule has 3 aromatic rings. The number of rotatable bonds is 6. The average molecular weight is 380 g/mol. The molecule has 1 aliphatic heterocycles. The minimum absolute atomic E-state index is 0.0360. The van der Waals surface area contributed by atoms with Crippen LogP contribution in [0, 0.1) is 17.0 Å². The number of nitrogens with one attached hydrogen (secondary N) is 1. The molecule has 1 saturated heterocycles. The molecule has 1 aromatic heterocycles. The predicted molar refractivity (Wildman–Crippen MR) is 104 cm³/mol. The number of hydrogen-bond acceptors (Lipinski definition) is 7. The first kappa shape index (κ1) is 18.1. The molecular formula is C20H20N4O4. The quantitative estimate of drug-likeness (QED) is 0.504. The second-order valence-electron chi connectivity index (χ2n) is 6.74. The molecule has 1 fully saturated rings. The van der Waals surface area contributed by atoms with Crippen LogP contribution in [0.15, 0.2) is 47.0 Å². The summed E-state index contributed by atoms with van der Waals surface area (Å²) >= 11 is 0. The van der Waals surface area contributed by atoms with Crippen molar-refractivity contribution in [2.75, 3.05) is 18.5 Å². The van der Waals surface area contributed by atoms with Gasteiger partial charge in [0, 0.05) is 30.3 Å². The van der Waals surface area contributed by atoms with E-state index >= 15 is 0 Å². The number of nitro benzene ring substituents is 1. The van der Waals surface area contributed by atoms with Crippen LogP contribution in [-0.2, 0) is 4.74 Å². The molecule has 8 nitrogen and oxygen atoms in total. The highest BCUT2D eigenvalue weighted by Crippen LogP contribution is 2.31. The largest absolute Gasteiger partial charge is 0.377 e. The van der Waals surface area contributed by atoms with Crippen LogP contribution in [0.4, 0.5) is 11.4 Å². The van der Waals surface area contributed by atoms with Crippen molar-refractivity contribution in [3.8, 4) is 22.8 Å². The van der Waals surface area contributed by atoms with Crippen LogP contribution in [-0.4, -0.2) is 34.3 Å². The minimum atomic E-state index is -0.417. The molecule has 0 spiro atoms. The molecule has 0 unspecified atom stereocenters. The summed E-state index contributed by atoms with van der Waals surface area (Å²) in [5.41, 5.74) is 2.80. The van der Waals surface area contributed by atoms with Crippen molar-refractivity contribution in [3.63, 3.8) is 0 Å². The summed E-state index contributed by atoms with van der Waals surface area (Å²) in [4.78, 5) is 15.5. The number of anilines is 1. The summed E-state index contributed by atoms with van der Waals surface area (Å²) in [6.07, 6.45) is 2.07. The highest BCUT2D eigenvalue weighted by atomic mass is 16.6. The molecule has 0 aliphatic carbocycles. The van der Waals surface area contributed by atoms with E-state index in [4.69, 9.17) is 9.26 Å². The molecule has 28 heavy (non-hydrogen) atoms. The molecule has 1 atom stereocenters. The van der Waals surface area contributed by atoms with Crippen molar-refractivity contribution >= 4 is 11.4 Å². The van der Waals surface area contributed by atoms with Crippen molar-refractivity contribution in [2.24, 2.45) is 0 Å². The third kappa shape index (κ3) is 3.72. The van der Waals surface area contributed by atoms with Gasteiger partial charge in [-0.25, -0.2) is 0 Å². The maximum absolute atomic E-state index is 11.5. The van der Waals surface area contributed by atoms with Crippen LogP contribution in [0.5, 0.6) is 0 Å². The van der Waals surface area contributed by atoms with E-state index in [0.717, 1.165) is 30.6 Å². The number of aromatic nitrogens is 2. The van der Waals surface area contributed by atoms with Crippen LogP contribution in [0.25, 0.3) is 22.8 Å². The number of hydrogen-bond donors (Lipinski definition) is 1. The Kier molecular flexibility index (Phi) is 5.03. The monoisotopic (exact) mass is 380 g/mol. The van der Waals surface area contributed by atoms with E-state index in [9.17, 15) is 10.1 Å². The van der Waals surface area contributed by atoms with Gasteiger partial charge in [0.1, 0.15) is 5.69 Å². The Balaban J connectivity index is 1.59. The zero-order valence-corrected chi connectivity index (χ0v) is 15.4. The summed E-state index contributed by atoms with van der Waals surface area (Å²) in [5, 5.41) is 18.7. The van der Waals surface area contributed by atoms with E-state index in [0.29, 0.717) is 23.6 Å². The SMILES string of the molecule is Cc1ccccc1-c1noc(-c2ccc(NC[C@H]3CCCO3)c([N+](=O)[O-])c2)n1. The second-order valence-corrected chi connectivity index (χ2v) is 6.74. The average Bonchev–Trinajstić information content (AvgIpc) is 3.39. The molecule has 0 bridgehead atoms. The fraction of sp³-hybridized carbons (Fsp3) is 0.300. The molecule has 4 rings (SSSR count). The summed E-state index contributed by atoms with van der Waals surface area (Å²) < 4.78 is 10.9. The maximum atomic E-state index is 11.5. The Morgan fingerprint density at radius 1 is 1.29 bits per heavy atom. The lowest BCUT2D eigenvalue weighted by Gasteiger charge is -2.12. The van der Waals surface area contributed by atoms with Crippen LogP contribution in [0.1, 0.15) is 18.4 Å². The third-order valence-electron chi connectivity index (χ3n) is 4.80. The van der Waals surface area contributed by atoms with Gasteiger partial charge in [0.05, 0.1) is 11.0 Å². The lowest BCUT2D eigenvalue weighted by molar-refractivity contribution is -0.383. The fourth-order valence-electron chi connectivity index (χ4n) is 3.27. The summed E-state index contributed by atoms with van der Waals surface area (Å²) in [5.74, 6) is 0.698. The van der Waals surface area contributed by atoms with Gasteiger partial charge in [-0.2, -0.15) is 4.98 Å². The second kappa shape index (κ2) is 7.77. The van der Waals surface area contributed by atoms with E-state index in [1.165, 1.54) is 6.07 Å². The zero-order valence-electron chi connectivity index (χ0n) is 15.4. The van der Waals surface area contributed by atoms with Crippen molar-refractivity contribution in [2.45, 2.75) is 25.9 Å². The van der Waals surface area contributed by atoms with Gasteiger partial charge in [0.2, 0.25) is 5.82 Å². The molecule has 1 N–H and O–H groups in total. The normalized spacial score (nSPS) is 16.2. The molecule has 0 saturated carbocycles. The standard InChI is InChI=1S/C20H20N4O4/c1-13-5-2-3-7-16(13)19-22-20(28-23-19)14-8-9-17(18(11-14)24(25)26)21-12-15-6-4-10-27-15/h2-3,5,7-9,11,15,21H,4,6,10,12H2,1H3/t15-/m1/s1. The zero-order chi connectivity index (χ0) is 19.5. The Bertz CT molecular complexity index is 995. The summed E-state index contributed by atoms with van der Waals surface area (Å²) in [6, 6.07) is 12.6. The Labute approximate surface area is 161 Å². The van der Waals surface area contributed by atoms with Gasteiger partial charge in [-0.1, -0.05) is 29.4 Å². The van der Waals surface area contributed by atoms with E-state index in [2.05, 4.69) is 15.5 Å². The first-order valence-electron chi connectivity index (χ1n) is 9.16. The first-order chi connectivity index (χ1) is 13.6. The Hall–Kier alpha value is -3.26. The van der Waals surface area contributed by atoms with Gasteiger partial charge in [-0.15, -0.1) is 0 Å². The number of nitro groups is 1. The minimum Gasteiger partial charge on any atom is -0.377 e. The number of nitrogens with zero attached hydrogens (tertiary/aromatic N) is 3. The van der Waals surface area contributed by atoms with Gasteiger partial charge >= 0.3 is 0 Å². The molecular weight excluding hydrogens is 360 g/mol. The van der Waals surface area contributed by atoms with Crippen LogP contribution >= 0.6 is 0 Å². The molecule has 2 heterocycles. The topological polar surface area (TPSA) is 103 Å². The predicted octanol–water partition coefficient (Wildman–Crippen LogP) is 4.21. The van der Waals surface area contributed by atoms with E-state index in [1.54, 1.807) is 12.1 Å². The number of aryl methyl sites for hydroxylation is 1. The van der Waals surface area contributed by atoms with Gasteiger partial charge < -0.3 is 14.6 Å². The molecule has 144 valence electrons. The molecule has 0 amide bonds.